The summed E-state index contributed by atoms with van der Waals surface area (Å²) in [7, 11) is 0. The molecule has 1 amide bonds. The molecule has 14 heteroatoms. The minimum atomic E-state index is -1.79. The van der Waals surface area contributed by atoms with Crippen molar-refractivity contribution in [3.63, 3.8) is 0 Å². The van der Waals surface area contributed by atoms with Crippen LogP contribution in [0.5, 0.6) is 0 Å². The van der Waals surface area contributed by atoms with Crippen LogP contribution in [0.25, 0.3) is 0 Å². The summed E-state index contributed by atoms with van der Waals surface area (Å²) in [5, 5.41) is 87.5. The van der Waals surface area contributed by atoms with Crippen molar-refractivity contribution in [1.29, 1.82) is 0 Å². The monoisotopic (exact) mass is 1330 g/mol. The summed E-state index contributed by atoms with van der Waals surface area (Å²) in [6.45, 7) is 2.72. The van der Waals surface area contributed by atoms with Gasteiger partial charge in [0.15, 0.2) is 12.6 Å². The highest BCUT2D eigenvalue weighted by atomic mass is 16.7. The smallest absolute Gasteiger partial charge is 0.220 e. The lowest BCUT2D eigenvalue weighted by atomic mass is 9.97. The maximum absolute atomic E-state index is 13.4. The van der Waals surface area contributed by atoms with Crippen LogP contribution in [0.15, 0.2) is 85.1 Å². The first-order valence-corrected chi connectivity index (χ1v) is 38.8. The van der Waals surface area contributed by atoms with Gasteiger partial charge in [0, 0.05) is 6.42 Å². The molecule has 94 heavy (non-hydrogen) atoms. The first kappa shape index (κ1) is 87.3. The van der Waals surface area contributed by atoms with Gasteiger partial charge in [-0.25, -0.2) is 0 Å². The van der Waals surface area contributed by atoms with Crippen molar-refractivity contribution in [2.45, 2.75) is 396 Å². The zero-order valence-corrected chi connectivity index (χ0v) is 59.7. The summed E-state index contributed by atoms with van der Waals surface area (Å²) < 4.78 is 22.9. The molecule has 546 valence electrons. The second kappa shape index (κ2) is 63.6. The van der Waals surface area contributed by atoms with Gasteiger partial charge in [-0.2, -0.15) is 0 Å². The number of hydrogen-bond donors (Lipinski definition) is 9. The normalized spacial score (nSPS) is 22.9. The fourth-order valence-corrected chi connectivity index (χ4v) is 12.5. The number of carbonyl (C=O) groups excluding carboxylic acids is 1. The molecule has 12 atom stereocenters. The van der Waals surface area contributed by atoms with Crippen LogP contribution in [0.1, 0.15) is 322 Å². The number of unbranched alkanes of at least 4 members (excludes halogenated alkanes) is 39. The predicted molar refractivity (Wildman–Crippen MR) is 387 cm³/mol. The largest absolute Gasteiger partial charge is 0.394 e. The summed E-state index contributed by atoms with van der Waals surface area (Å²) in [6.07, 6.45) is 72.3. The van der Waals surface area contributed by atoms with Crippen molar-refractivity contribution < 1.29 is 64.6 Å². The maximum Gasteiger partial charge on any atom is 0.220 e. The van der Waals surface area contributed by atoms with Crippen LogP contribution in [0.3, 0.4) is 0 Å². The third-order valence-electron chi connectivity index (χ3n) is 18.6. The third kappa shape index (κ3) is 46.4. The fraction of sp³-hybridized carbons (Fsp3) is 0.812. The minimum absolute atomic E-state index is 0.235. The number of allylic oxidation sites excluding steroid dienone is 13. The summed E-state index contributed by atoms with van der Waals surface area (Å²) in [5.41, 5.74) is 0. The molecule has 2 fully saturated rings. The molecule has 2 aliphatic rings. The number of aliphatic hydroxyl groups is 8. The van der Waals surface area contributed by atoms with E-state index >= 15 is 0 Å². The zero-order chi connectivity index (χ0) is 68.0. The van der Waals surface area contributed by atoms with Gasteiger partial charge in [-0.1, -0.05) is 330 Å². The van der Waals surface area contributed by atoms with E-state index in [1.165, 1.54) is 218 Å². The molecule has 0 bridgehead atoms. The Morgan fingerprint density at radius 2 is 0.734 bits per heavy atom. The second-order valence-corrected chi connectivity index (χ2v) is 27.1. The van der Waals surface area contributed by atoms with Gasteiger partial charge >= 0.3 is 0 Å². The van der Waals surface area contributed by atoms with E-state index in [4.69, 9.17) is 18.9 Å². The number of nitrogens with one attached hydrogen (secondary N) is 1. The van der Waals surface area contributed by atoms with E-state index < -0.39 is 86.8 Å². The Labute approximate surface area is 573 Å². The fourth-order valence-electron chi connectivity index (χ4n) is 12.5. The van der Waals surface area contributed by atoms with Gasteiger partial charge in [0.2, 0.25) is 5.91 Å². The number of carbonyl (C=O) groups is 1. The number of rotatable bonds is 64. The second-order valence-electron chi connectivity index (χ2n) is 27.1. The summed E-state index contributed by atoms with van der Waals surface area (Å²) in [5.74, 6) is -0.235. The van der Waals surface area contributed by atoms with Crippen molar-refractivity contribution >= 4 is 5.91 Å². The SMILES string of the molecule is CC/C=C\C/C=C\C/C=C\C/C=C\C/C=C\C/C=C\CCCCCCCCCCCCCCCCCCCCCCCCC(=O)NC(COC1OC(CO)C(OC2OC(CO)C(O)C(O)C2O)C(O)C1O)C(O)/C=C/CCCCCCCCCCCCCCCCCCC. The highest BCUT2D eigenvalue weighted by Gasteiger charge is 2.51. The Bertz CT molecular complexity index is 1900. The van der Waals surface area contributed by atoms with Crippen LogP contribution >= 0.6 is 0 Å². The molecule has 0 aliphatic carbocycles. The van der Waals surface area contributed by atoms with E-state index in [-0.39, 0.29) is 18.9 Å². The van der Waals surface area contributed by atoms with Crippen molar-refractivity contribution in [1.82, 2.24) is 5.32 Å². The van der Waals surface area contributed by atoms with E-state index in [0.717, 1.165) is 77.0 Å². The Morgan fingerprint density at radius 3 is 1.13 bits per heavy atom. The molecule has 2 heterocycles. The predicted octanol–water partition coefficient (Wildman–Crippen LogP) is 17.1. The number of ether oxygens (including phenoxy) is 4. The molecule has 0 aromatic carbocycles. The lowest BCUT2D eigenvalue weighted by Crippen LogP contribution is -2.65. The van der Waals surface area contributed by atoms with Gasteiger partial charge in [0.25, 0.3) is 0 Å². The summed E-state index contributed by atoms with van der Waals surface area (Å²) in [4.78, 5) is 13.4. The molecule has 2 saturated heterocycles. The van der Waals surface area contributed by atoms with E-state index in [1.54, 1.807) is 6.08 Å². The van der Waals surface area contributed by atoms with Gasteiger partial charge < -0.3 is 65.1 Å². The van der Waals surface area contributed by atoms with Crippen molar-refractivity contribution in [3.8, 4) is 0 Å². The quantitative estimate of drug-likeness (QED) is 0.0204. The molecular weight excluding hydrogens is 1180 g/mol. The zero-order valence-electron chi connectivity index (χ0n) is 59.7. The first-order valence-electron chi connectivity index (χ1n) is 38.8. The van der Waals surface area contributed by atoms with Gasteiger partial charge in [-0.3, -0.25) is 4.79 Å². The maximum atomic E-state index is 13.4. The Morgan fingerprint density at radius 1 is 0.394 bits per heavy atom. The van der Waals surface area contributed by atoms with E-state index in [1.807, 2.05) is 6.08 Å². The molecule has 0 aromatic rings. The third-order valence-corrected chi connectivity index (χ3v) is 18.6. The summed E-state index contributed by atoms with van der Waals surface area (Å²) in [6, 6.07) is -0.917. The molecule has 2 rings (SSSR count). The van der Waals surface area contributed by atoms with Gasteiger partial charge in [-0.15, -0.1) is 0 Å². The highest BCUT2D eigenvalue weighted by Crippen LogP contribution is 2.30. The van der Waals surface area contributed by atoms with E-state index in [0.29, 0.717) is 6.42 Å². The first-order chi connectivity index (χ1) is 46.1. The lowest BCUT2D eigenvalue weighted by Gasteiger charge is -2.46. The Balaban J connectivity index is 1.57. The van der Waals surface area contributed by atoms with Crippen LogP contribution in [0.2, 0.25) is 0 Å². The lowest BCUT2D eigenvalue weighted by molar-refractivity contribution is -0.359. The van der Waals surface area contributed by atoms with Crippen molar-refractivity contribution in [2.75, 3.05) is 19.8 Å². The number of hydrogen-bond acceptors (Lipinski definition) is 13. The average Bonchev–Trinajstić information content (AvgIpc) is 0.794. The van der Waals surface area contributed by atoms with Crippen LogP contribution in [0, 0.1) is 0 Å². The molecular formula is C80H143NO13. The Hall–Kier alpha value is -2.83. The molecule has 12 unspecified atom stereocenters. The molecule has 0 radical (unpaired) electrons. The molecule has 14 nitrogen and oxygen atoms in total. The molecule has 0 aromatic heterocycles. The average molecular weight is 1330 g/mol. The molecule has 0 spiro atoms. The standard InChI is InChI=1S/C80H143NO13/c1-3-5-7-9-11-13-15-17-19-21-23-24-25-26-27-28-29-30-31-32-33-34-35-36-37-38-39-40-41-42-43-44-46-48-50-52-54-56-58-60-62-64-72(85)81-68(69(84)63-61-59-57-55-53-51-49-47-45-22-20-18-16-14-12-10-8-6-4-2)67-91-79-77(90)75(88)78(71(66-83)93-79)94-80-76(89)74(87)73(86)70(65-82)92-80/h5,7,11,13,17,19,23-24,26-27,29-30,61,63,68-71,73-80,82-84,86-90H,3-4,6,8-10,12,14-16,18,20-22,25,28,31-60,62,64-67H2,1-2H3,(H,81,85)/b7-5-,13-11-,19-17-,24-23-,27-26-,30-29-,63-61+. The van der Waals surface area contributed by atoms with Crippen molar-refractivity contribution in [2.24, 2.45) is 0 Å². The van der Waals surface area contributed by atoms with Crippen LogP contribution in [0.4, 0.5) is 0 Å². The number of amides is 1. The molecule has 0 saturated carbocycles. The topological polar surface area (TPSA) is 228 Å². The highest BCUT2D eigenvalue weighted by molar-refractivity contribution is 5.76. The van der Waals surface area contributed by atoms with E-state index in [2.05, 4.69) is 92.1 Å². The van der Waals surface area contributed by atoms with Gasteiger partial charge in [0.1, 0.15) is 48.8 Å². The van der Waals surface area contributed by atoms with Crippen molar-refractivity contribution in [3.05, 3.63) is 85.1 Å². The molecule has 2 aliphatic heterocycles. The van der Waals surface area contributed by atoms with Crippen LogP contribution < -0.4 is 5.32 Å². The minimum Gasteiger partial charge on any atom is -0.394 e. The van der Waals surface area contributed by atoms with E-state index in [9.17, 15) is 45.6 Å². The van der Waals surface area contributed by atoms with Gasteiger partial charge in [0.05, 0.1) is 32.0 Å². The molecule has 9 N–H and O–H groups in total. The number of aliphatic hydroxyl groups excluding tert-OH is 8. The Kier molecular flexibility index (Phi) is 59.0. The summed E-state index contributed by atoms with van der Waals surface area (Å²) >= 11 is 0. The van der Waals surface area contributed by atoms with Crippen LogP contribution in [-0.2, 0) is 23.7 Å². The van der Waals surface area contributed by atoms with Crippen LogP contribution in [-0.4, -0.2) is 140 Å². The van der Waals surface area contributed by atoms with Gasteiger partial charge in [-0.05, 0) is 70.6 Å².